The van der Waals surface area contributed by atoms with Crippen molar-refractivity contribution in [2.45, 2.75) is 0 Å². The average Bonchev–Trinajstić information content (AvgIpc) is 2.33. The van der Waals surface area contributed by atoms with Gasteiger partial charge >= 0.3 is 19.5 Å². The van der Waals surface area contributed by atoms with Crippen LogP contribution in [0.5, 0.6) is 0 Å². The number of imidazole rings is 1. The van der Waals surface area contributed by atoms with E-state index in [0.717, 1.165) is 11.0 Å². The van der Waals surface area contributed by atoms with E-state index < -0.39 is 0 Å². The molecule has 0 fully saturated rings. The summed E-state index contributed by atoms with van der Waals surface area (Å²) < 4.78 is 0. The molecule has 0 aliphatic rings. The molecule has 1 aromatic carbocycles. The molecule has 1 heterocycles. The van der Waals surface area contributed by atoms with Gasteiger partial charge in [0.1, 0.15) is 0 Å². The van der Waals surface area contributed by atoms with E-state index in [0.29, 0.717) is 0 Å². The topological polar surface area (TPSA) is 28.7 Å². The van der Waals surface area contributed by atoms with Crippen molar-refractivity contribution in [2.75, 3.05) is 0 Å². The third kappa shape index (κ3) is 1.10. The maximum absolute atomic E-state index is 4.06. The van der Waals surface area contributed by atoms with Crippen LogP contribution in [-0.2, 0) is 19.5 Å². The number of aromatic amines is 1. The fourth-order valence-corrected chi connectivity index (χ4v) is 0.880. The Bertz CT molecular complexity index is 286. The van der Waals surface area contributed by atoms with E-state index in [-0.39, 0.29) is 19.5 Å². The molecule has 0 bridgehead atoms. The molecule has 0 aliphatic carbocycles. The summed E-state index contributed by atoms with van der Waals surface area (Å²) in [4.78, 5) is 7.07. The van der Waals surface area contributed by atoms with Crippen LogP contribution in [0, 0.1) is 0 Å². The van der Waals surface area contributed by atoms with Crippen molar-refractivity contribution in [3.05, 3.63) is 30.6 Å². The Kier molecular flexibility index (Phi) is 2.18. The van der Waals surface area contributed by atoms with Crippen LogP contribution in [0.2, 0.25) is 0 Å². The van der Waals surface area contributed by atoms with Crippen molar-refractivity contribution in [1.29, 1.82) is 0 Å². The molecule has 0 amide bonds. The second kappa shape index (κ2) is 2.93. The summed E-state index contributed by atoms with van der Waals surface area (Å²) in [6.07, 6.45) is 1.70. The maximum Gasteiger partial charge on any atom is 3.00 e. The molecule has 2 nitrogen and oxygen atoms in total. The molecule has 2 rings (SSSR count). The molecular weight excluding hydrogens is 213 g/mol. The van der Waals surface area contributed by atoms with Gasteiger partial charge in [0.25, 0.3) is 0 Å². The summed E-state index contributed by atoms with van der Waals surface area (Å²) in [5.74, 6) is 0. The standard InChI is InChI=1S/C7H6N2.Ru/c1-2-4-7-6(3-1)8-5-9-7;/h1-5H,(H,8,9);/q;+3. The van der Waals surface area contributed by atoms with Crippen LogP contribution in [-0.4, -0.2) is 9.97 Å². The first-order chi connectivity index (χ1) is 4.47. The normalized spacial score (nSPS) is 9.20. The van der Waals surface area contributed by atoms with Crippen LogP contribution < -0.4 is 0 Å². The van der Waals surface area contributed by atoms with Gasteiger partial charge in [-0.1, -0.05) is 12.1 Å². The summed E-state index contributed by atoms with van der Waals surface area (Å²) in [7, 11) is 0. The van der Waals surface area contributed by atoms with Gasteiger partial charge in [0.15, 0.2) is 0 Å². The monoisotopic (exact) mass is 220 g/mol. The van der Waals surface area contributed by atoms with E-state index >= 15 is 0 Å². The predicted octanol–water partition coefficient (Wildman–Crippen LogP) is 1.56. The fourth-order valence-electron chi connectivity index (χ4n) is 0.880. The minimum absolute atomic E-state index is 0. The number of fused-ring (bicyclic) bond motifs is 1. The number of rotatable bonds is 0. The Morgan fingerprint density at radius 2 is 2.00 bits per heavy atom. The molecule has 1 aromatic heterocycles. The maximum atomic E-state index is 4.06. The van der Waals surface area contributed by atoms with E-state index in [1.165, 1.54) is 0 Å². The SMILES string of the molecule is [Ru+3].c1ccc2[nH]cnc2c1. The van der Waals surface area contributed by atoms with E-state index in [4.69, 9.17) is 0 Å². The average molecular weight is 219 g/mol. The van der Waals surface area contributed by atoms with Crippen LogP contribution in [0.3, 0.4) is 0 Å². The fraction of sp³-hybridized carbons (Fsp3) is 0. The molecule has 0 atom stereocenters. The van der Waals surface area contributed by atoms with Crippen molar-refractivity contribution >= 4 is 11.0 Å². The molecule has 1 N–H and O–H groups in total. The summed E-state index contributed by atoms with van der Waals surface area (Å²) in [5, 5.41) is 0. The van der Waals surface area contributed by atoms with Crippen molar-refractivity contribution in [3.8, 4) is 0 Å². The first kappa shape index (κ1) is 7.42. The minimum Gasteiger partial charge on any atom is -0.345 e. The molecular formula is C7H6N2Ru+3. The zero-order valence-corrected chi connectivity index (χ0v) is 6.93. The van der Waals surface area contributed by atoms with E-state index in [1.54, 1.807) is 6.33 Å². The molecule has 2 aromatic rings. The Balaban J connectivity index is 0.000000500. The van der Waals surface area contributed by atoms with Gasteiger partial charge in [0.05, 0.1) is 17.4 Å². The van der Waals surface area contributed by atoms with Crippen LogP contribution in [0.15, 0.2) is 30.6 Å². The molecule has 0 saturated carbocycles. The van der Waals surface area contributed by atoms with Gasteiger partial charge in [-0.25, -0.2) is 4.98 Å². The first-order valence-electron chi connectivity index (χ1n) is 2.85. The van der Waals surface area contributed by atoms with E-state index in [2.05, 4.69) is 9.97 Å². The summed E-state index contributed by atoms with van der Waals surface area (Å²) in [6.45, 7) is 0. The molecule has 0 unspecified atom stereocenters. The Labute approximate surface area is 71.4 Å². The van der Waals surface area contributed by atoms with Crippen LogP contribution in [0.25, 0.3) is 11.0 Å². The number of hydrogen-bond donors (Lipinski definition) is 1. The number of H-pyrrole nitrogens is 1. The van der Waals surface area contributed by atoms with Gasteiger partial charge in [-0.15, -0.1) is 0 Å². The summed E-state index contributed by atoms with van der Waals surface area (Å²) in [5.41, 5.74) is 2.12. The van der Waals surface area contributed by atoms with Gasteiger partial charge in [-0.05, 0) is 12.1 Å². The Hall–Kier alpha value is -0.687. The minimum atomic E-state index is 0. The predicted molar refractivity (Wildman–Crippen MR) is 36.1 cm³/mol. The van der Waals surface area contributed by atoms with Gasteiger partial charge in [-0.2, -0.15) is 0 Å². The number of para-hydroxylation sites is 2. The zero-order valence-electron chi connectivity index (χ0n) is 5.19. The number of nitrogens with one attached hydrogen (secondary N) is 1. The Morgan fingerprint density at radius 1 is 1.20 bits per heavy atom. The van der Waals surface area contributed by atoms with Crippen LogP contribution in [0.4, 0.5) is 0 Å². The quantitative estimate of drug-likeness (QED) is 0.669. The molecule has 1 radical (unpaired) electrons. The smallest absolute Gasteiger partial charge is 0.345 e. The van der Waals surface area contributed by atoms with Crippen LogP contribution >= 0.6 is 0 Å². The summed E-state index contributed by atoms with van der Waals surface area (Å²) in [6, 6.07) is 7.94. The number of hydrogen-bond acceptors (Lipinski definition) is 1. The van der Waals surface area contributed by atoms with E-state index in [9.17, 15) is 0 Å². The molecule has 10 heavy (non-hydrogen) atoms. The molecule has 0 aliphatic heterocycles. The number of nitrogens with zero attached hydrogens (tertiary/aromatic N) is 1. The second-order valence-corrected chi connectivity index (χ2v) is 1.92. The third-order valence-corrected chi connectivity index (χ3v) is 1.33. The van der Waals surface area contributed by atoms with Gasteiger partial charge in [0, 0.05) is 0 Å². The number of aromatic nitrogens is 2. The first-order valence-corrected chi connectivity index (χ1v) is 2.85. The van der Waals surface area contributed by atoms with Crippen molar-refractivity contribution in [2.24, 2.45) is 0 Å². The summed E-state index contributed by atoms with van der Waals surface area (Å²) >= 11 is 0. The van der Waals surface area contributed by atoms with Gasteiger partial charge < -0.3 is 4.98 Å². The van der Waals surface area contributed by atoms with Crippen molar-refractivity contribution in [1.82, 2.24) is 9.97 Å². The third-order valence-electron chi connectivity index (χ3n) is 1.33. The Morgan fingerprint density at radius 3 is 2.80 bits per heavy atom. The van der Waals surface area contributed by atoms with E-state index in [1.807, 2.05) is 24.3 Å². The zero-order chi connectivity index (χ0) is 6.10. The van der Waals surface area contributed by atoms with Gasteiger partial charge in [0.2, 0.25) is 0 Å². The van der Waals surface area contributed by atoms with Crippen molar-refractivity contribution in [3.63, 3.8) is 0 Å². The second-order valence-electron chi connectivity index (χ2n) is 1.92. The largest absolute Gasteiger partial charge is 3.00 e. The number of benzene rings is 1. The molecule has 3 heteroatoms. The van der Waals surface area contributed by atoms with Gasteiger partial charge in [-0.3, -0.25) is 0 Å². The molecule has 49 valence electrons. The molecule has 0 saturated heterocycles. The van der Waals surface area contributed by atoms with Crippen LogP contribution in [0.1, 0.15) is 0 Å². The van der Waals surface area contributed by atoms with Crippen molar-refractivity contribution < 1.29 is 19.5 Å². The molecule has 0 spiro atoms.